The van der Waals surface area contributed by atoms with Crippen molar-refractivity contribution in [1.82, 2.24) is 10.2 Å². The number of likely N-dealkylation sites (tertiary alicyclic amines) is 1. The van der Waals surface area contributed by atoms with Gasteiger partial charge in [0.1, 0.15) is 0 Å². The number of rotatable bonds is 5. The molecule has 2 fully saturated rings. The van der Waals surface area contributed by atoms with Gasteiger partial charge < -0.3 is 10.2 Å². The molecule has 0 radical (unpaired) electrons. The molecule has 2 saturated heterocycles. The number of nitrogens with zero attached hydrogens (tertiary/aromatic N) is 1. The standard InChI is InChI=1S/C13H24N2OS/c1-2-6-14-12-3-7-15(13(12)16)10-11-4-8-17-9-5-11/h11-12,14H,2-10H2,1H3. The monoisotopic (exact) mass is 256 g/mol. The molecule has 2 aliphatic heterocycles. The zero-order chi connectivity index (χ0) is 12.1. The van der Waals surface area contributed by atoms with Crippen molar-refractivity contribution in [2.24, 2.45) is 5.92 Å². The average molecular weight is 256 g/mol. The molecule has 2 rings (SSSR count). The van der Waals surface area contributed by atoms with E-state index in [1.807, 2.05) is 0 Å². The first kappa shape index (κ1) is 13.2. The minimum Gasteiger partial charge on any atom is -0.341 e. The SMILES string of the molecule is CCCNC1CCN(CC2CCSCC2)C1=O. The van der Waals surface area contributed by atoms with Gasteiger partial charge in [-0.25, -0.2) is 0 Å². The van der Waals surface area contributed by atoms with E-state index in [0.29, 0.717) is 5.91 Å². The van der Waals surface area contributed by atoms with Gasteiger partial charge in [0, 0.05) is 13.1 Å². The minimum atomic E-state index is 0.105. The number of thioether (sulfide) groups is 1. The highest BCUT2D eigenvalue weighted by Gasteiger charge is 2.32. The fourth-order valence-corrected chi connectivity index (χ4v) is 3.87. The van der Waals surface area contributed by atoms with Crippen LogP contribution in [-0.2, 0) is 4.79 Å². The molecule has 1 amide bonds. The van der Waals surface area contributed by atoms with Gasteiger partial charge >= 0.3 is 0 Å². The lowest BCUT2D eigenvalue weighted by Crippen LogP contribution is -2.40. The molecule has 1 unspecified atom stereocenters. The summed E-state index contributed by atoms with van der Waals surface area (Å²) in [5.41, 5.74) is 0. The quantitative estimate of drug-likeness (QED) is 0.813. The summed E-state index contributed by atoms with van der Waals surface area (Å²) in [7, 11) is 0. The molecule has 2 aliphatic rings. The summed E-state index contributed by atoms with van der Waals surface area (Å²) in [5, 5.41) is 3.35. The van der Waals surface area contributed by atoms with Crippen LogP contribution in [0.15, 0.2) is 0 Å². The largest absolute Gasteiger partial charge is 0.341 e. The van der Waals surface area contributed by atoms with E-state index in [9.17, 15) is 4.79 Å². The van der Waals surface area contributed by atoms with Gasteiger partial charge in [-0.2, -0.15) is 11.8 Å². The molecule has 0 aromatic carbocycles. The van der Waals surface area contributed by atoms with Crippen LogP contribution < -0.4 is 5.32 Å². The number of hydrogen-bond acceptors (Lipinski definition) is 3. The van der Waals surface area contributed by atoms with E-state index < -0.39 is 0 Å². The highest BCUT2D eigenvalue weighted by molar-refractivity contribution is 7.99. The molecule has 4 heteroatoms. The van der Waals surface area contributed by atoms with Gasteiger partial charge in [-0.3, -0.25) is 4.79 Å². The fraction of sp³-hybridized carbons (Fsp3) is 0.923. The van der Waals surface area contributed by atoms with E-state index in [1.165, 1.54) is 24.3 Å². The van der Waals surface area contributed by atoms with Crippen LogP contribution in [0.5, 0.6) is 0 Å². The van der Waals surface area contributed by atoms with Crippen molar-refractivity contribution in [2.45, 2.75) is 38.6 Å². The van der Waals surface area contributed by atoms with E-state index in [1.54, 1.807) is 0 Å². The molecule has 0 bridgehead atoms. The second-order valence-corrected chi connectivity index (χ2v) is 6.36. The molecular formula is C13H24N2OS. The van der Waals surface area contributed by atoms with Crippen molar-refractivity contribution < 1.29 is 4.79 Å². The van der Waals surface area contributed by atoms with Crippen molar-refractivity contribution >= 4 is 17.7 Å². The van der Waals surface area contributed by atoms with Gasteiger partial charge in [0.15, 0.2) is 0 Å². The van der Waals surface area contributed by atoms with Crippen LogP contribution in [0.2, 0.25) is 0 Å². The Balaban J connectivity index is 1.76. The minimum absolute atomic E-state index is 0.105. The Labute approximate surface area is 109 Å². The van der Waals surface area contributed by atoms with Crippen molar-refractivity contribution in [3.05, 3.63) is 0 Å². The molecule has 17 heavy (non-hydrogen) atoms. The zero-order valence-electron chi connectivity index (χ0n) is 10.8. The van der Waals surface area contributed by atoms with Crippen LogP contribution in [-0.4, -0.2) is 48.0 Å². The van der Waals surface area contributed by atoms with Crippen LogP contribution >= 0.6 is 11.8 Å². The number of amides is 1. The van der Waals surface area contributed by atoms with Crippen LogP contribution in [0.25, 0.3) is 0 Å². The third kappa shape index (κ3) is 3.62. The molecule has 0 aromatic heterocycles. The summed E-state index contributed by atoms with van der Waals surface area (Å²) < 4.78 is 0. The van der Waals surface area contributed by atoms with Crippen LogP contribution in [0, 0.1) is 5.92 Å². The summed E-state index contributed by atoms with van der Waals surface area (Å²) in [6.45, 7) is 5.07. The Bertz CT molecular complexity index is 254. The maximum atomic E-state index is 12.1. The third-order valence-corrected chi connectivity index (χ3v) is 4.81. The Kier molecular flexibility index (Phi) is 5.16. The topological polar surface area (TPSA) is 32.3 Å². The average Bonchev–Trinajstić information content (AvgIpc) is 2.70. The summed E-state index contributed by atoms with van der Waals surface area (Å²) in [4.78, 5) is 14.2. The number of nitrogens with one attached hydrogen (secondary N) is 1. The fourth-order valence-electron chi connectivity index (χ4n) is 2.67. The van der Waals surface area contributed by atoms with Gasteiger partial charge in [-0.15, -0.1) is 0 Å². The molecule has 98 valence electrons. The summed E-state index contributed by atoms with van der Waals surface area (Å²) in [6, 6.07) is 0.105. The van der Waals surface area contributed by atoms with Crippen molar-refractivity contribution in [1.29, 1.82) is 0 Å². The Morgan fingerprint density at radius 2 is 2.12 bits per heavy atom. The van der Waals surface area contributed by atoms with Gasteiger partial charge in [0.25, 0.3) is 0 Å². The Hall–Kier alpha value is -0.220. The second kappa shape index (κ2) is 6.64. The Morgan fingerprint density at radius 3 is 2.82 bits per heavy atom. The number of carbonyl (C=O) groups excluding carboxylic acids is 1. The van der Waals surface area contributed by atoms with E-state index in [0.717, 1.165) is 38.4 Å². The molecule has 0 spiro atoms. The molecule has 0 saturated carbocycles. The summed E-state index contributed by atoms with van der Waals surface area (Å²) in [5.74, 6) is 3.66. The maximum absolute atomic E-state index is 12.1. The first-order valence-electron chi connectivity index (χ1n) is 6.91. The zero-order valence-corrected chi connectivity index (χ0v) is 11.6. The number of carbonyl (C=O) groups is 1. The predicted octanol–water partition coefficient (Wildman–Crippen LogP) is 1.73. The lowest BCUT2D eigenvalue weighted by atomic mass is 10.0. The lowest BCUT2D eigenvalue weighted by Gasteiger charge is -2.26. The van der Waals surface area contributed by atoms with Gasteiger partial charge in [0.05, 0.1) is 6.04 Å². The lowest BCUT2D eigenvalue weighted by molar-refractivity contribution is -0.130. The van der Waals surface area contributed by atoms with Crippen LogP contribution in [0.3, 0.4) is 0 Å². The molecule has 3 nitrogen and oxygen atoms in total. The van der Waals surface area contributed by atoms with Crippen molar-refractivity contribution in [3.63, 3.8) is 0 Å². The van der Waals surface area contributed by atoms with Crippen LogP contribution in [0.4, 0.5) is 0 Å². The molecule has 0 aromatic rings. The normalized spacial score (nSPS) is 26.8. The molecule has 1 N–H and O–H groups in total. The van der Waals surface area contributed by atoms with Gasteiger partial charge in [-0.1, -0.05) is 6.92 Å². The van der Waals surface area contributed by atoms with E-state index in [2.05, 4.69) is 28.9 Å². The van der Waals surface area contributed by atoms with Gasteiger partial charge in [0.2, 0.25) is 5.91 Å². The molecular weight excluding hydrogens is 232 g/mol. The Morgan fingerprint density at radius 1 is 1.35 bits per heavy atom. The van der Waals surface area contributed by atoms with E-state index in [4.69, 9.17) is 0 Å². The smallest absolute Gasteiger partial charge is 0.239 e. The predicted molar refractivity (Wildman–Crippen MR) is 73.3 cm³/mol. The summed E-state index contributed by atoms with van der Waals surface area (Å²) in [6.07, 6.45) is 4.69. The van der Waals surface area contributed by atoms with E-state index in [-0.39, 0.29) is 6.04 Å². The third-order valence-electron chi connectivity index (χ3n) is 3.76. The highest BCUT2D eigenvalue weighted by atomic mass is 32.2. The molecule has 2 heterocycles. The van der Waals surface area contributed by atoms with Crippen molar-refractivity contribution in [2.75, 3.05) is 31.1 Å². The number of hydrogen-bond donors (Lipinski definition) is 1. The molecule has 1 atom stereocenters. The highest BCUT2D eigenvalue weighted by Crippen LogP contribution is 2.25. The van der Waals surface area contributed by atoms with E-state index >= 15 is 0 Å². The first-order chi connectivity index (χ1) is 8.31. The molecule has 0 aliphatic carbocycles. The summed E-state index contributed by atoms with van der Waals surface area (Å²) >= 11 is 2.05. The second-order valence-electron chi connectivity index (χ2n) is 5.14. The van der Waals surface area contributed by atoms with Crippen molar-refractivity contribution in [3.8, 4) is 0 Å². The first-order valence-corrected chi connectivity index (χ1v) is 8.06. The maximum Gasteiger partial charge on any atom is 0.239 e. The van der Waals surface area contributed by atoms with Crippen LogP contribution in [0.1, 0.15) is 32.6 Å². The van der Waals surface area contributed by atoms with Gasteiger partial charge in [-0.05, 0) is 49.7 Å².